The molecule has 0 fully saturated rings. The summed E-state index contributed by atoms with van der Waals surface area (Å²) in [6.07, 6.45) is 6.85. The SMILES string of the molecule is C=CN1COc2cc(CCCc3ccc4c(c3)OCN(C=C)C4)ccc2C1. The molecule has 4 heteroatoms. The van der Waals surface area contributed by atoms with Gasteiger partial charge >= 0.3 is 0 Å². The predicted molar refractivity (Wildman–Crippen MR) is 107 cm³/mol. The molecule has 2 aromatic rings. The van der Waals surface area contributed by atoms with Gasteiger partial charge in [-0.1, -0.05) is 37.4 Å². The molecule has 0 amide bonds. The van der Waals surface area contributed by atoms with Crippen LogP contribution < -0.4 is 9.47 Å². The fourth-order valence-corrected chi connectivity index (χ4v) is 3.60. The summed E-state index contributed by atoms with van der Waals surface area (Å²) in [5.41, 5.74) is 5.11. The van der Waals surface area contributed by atoms with E-state index in [0.717, 1.165) is 43.9 Å². The van der Waals surface area contributed by atoms with E-state index in [2.05, 4.69) is 59.4 Å². The van der Waals surface area contributed by atoms with E-state index in [1.54, 1.807) is 0 Å². The van der Waals surface area contributed by atoms with Crippen molar-refractivity contribution < 1.29 is 9.47 Å². The molecular formula is C23H26N2O2. The minimum atomic E-state index is 0.582. The number of aryl methyl sites for hydroxylation is 2. The lowest BCUT2D eigenvalue weighted by atomic mass is 10.0. The Bertz CT molecular complexity index is 777. The molecule has 140 valence electrons. The summed E-state index contributed by atoms with van der Waals surface area (Å²) >= 11 is 0. The standard InChI is InChI=1S/C23H26N2O2/c1-3-24-14-20-10-8-18(12-22(20)26-16-24)6-5-7-19-9-11-21-15-25(4-2)17-27-23(21)13-19/h3-4,8-13H,1-2,5-7,14-17H2. The molecule has 2 aliphatic rings. The number of rotatable bonds is 6. The summed E-state index contributed by atoms with van der Waals surface area (Å²) in [6, 6.07) is 13.2. The highest BCUT2D eigenvalue weighted by atomic mass is 16.5. The predicted octanol–water partition coefficient (Wildman–Crippen LogP) is 4.45. The lowest BCUT2D eigenvalue weighted by Gasteiger charge is -2.28. The smallest absolute Gasteiger partial charge is 0.161 e. The molecule has 0 radical (unpaired) electrons. The van der Waals surface area contributed by atoms with E-state index in [4.69, 9.17) is 9.47 Å². The first-order valence-corrected chi connectivity index (χ1v) is 9.47. The van der Waals surface area contributed by atoms with Gasteiger partial charge in [-0.3, -0.25) is 0 Å². The van der Waals surface area contributed by atoms with Gasteiger partial charge in [0, 0.05) is 24.2 Å². The van der Waals surface area contributed by atoms with E-state index in [-0.39, 0.29) is 0 Å². The van der Waals surface area contributed by atoms with E-state index < -0.39 is 0 Å². The Morgan fingerprint density at radius 1 is 0.778 bits per heavy atom. The van der Waals surface area contributed by atoms with E-state index >= 15 is 0 Å². The van der Waals surface area contributed by atoms with Crippen LogP contribution in [0.15, 0.2) is 62.0 Å². The molecule has 0 saturated heterocycles. The van der Waals surface area contributed by atoms with Crippen molar-refractivity contribution in [1.82, 2.24) is 9.80 Å². The number of ether oxygens (including phenoxy) is 2. The van der Waals surface area contributed by atoms with Gasteiger partial charge in [-0.05, 0) is 54.9 Å². The number of hydrogen-bond acceptors (Lipinski definition) is 4. The molecule has 2 aromatic carbocycles. The second kappa shape index (κ2) is 7.78. The lowest BCUT2D eigenvalue weighted by Crippen LogP contribution is -2.27. The van der Waals surface area contributed by atoms with Crippen molar-refractivity contribution in [1.29, 1.82) is 0 Å². The molecule has 0 atom stereocenters. The van der Waals surface area contributed by atoms with Crippen LogP contribution in [0.3, 0.4) is 0 Å². The quantitative estimate of drug-likeness (QED) is 0.758. The monoisotopic (exact) mass is 362 g/mol. The van der Waals surface area contributed by atoms with Crippen molar-refractivity contribution in [2.45, 2.75) is 32.4 Å². The normalized spacial score (nSPS) is 15.3. The van der Waals surface area contributed by atoms with Gasteiger partial charge < -0.3 is 19.3 Å². The molecule has 2 heterocycles. The number of fused-ring (bicyclic) bond motifs is 2. The van der Waals surface area contributed by atoms with Crippen LogP contribution in [0, 0.1) is 0 Å². The molecule has 0 N–H and O–H groups in total. The first kappa shape index (κ1) is 17.5. The zero-order valence-corrected chi connectivity index (χ0v) is 15.7. The maximum atomic E-state index is 5.84. The second-order valence-corrected chi connectivity index (χ2v) is 7.14. The maximum absolute atomic E-state index is 5.84. The van der Waals surface area contributed by atoms with Crippen molar-refractivity contribution in [3.05, 3.63) is 84.2 Å². The summed E-state index contributed by atoms with van der Waals surface area (Å²) < 4.78 is 11.7. The minimum Gasteiger partial charge on any atom is -0.473 e. The fourth-order valence-electron chi connectivity index (χ4n) is 3.60. The van der Waals surface area contributed by atoms with Crippen LogP contribution in [0.1, 0.15) is 28.7 Å². The van der Waals surface area contributed by atoms with Gasteiger partial charge in [0.25, 0.3) is 0 Å². The first-order chi connectivity index (χ1) is 13.2. The van der Waals surface area contributed by atoms with Crippen LogP contribution in [0.4, 0.5) is 0 Å². The van der Waals surface area contributed by atoms with Gasteiger partial charge in [0.1, 0.15) is 11.5 Å². The summed E-state index contributed by atoms with van der Waals surface area (Å²) in [5, 5.41) is 0. The number of benzene rings is 2. The summed E-state index contributed by atoms with van der Waals surface area (Å²) in [6.45, 7) is 10.5. The summed E-state index contributed by atoms with van der Waals surface area (Å²) in [4.78, 5) is 4.13. The molecular weight excluding hydrogens is 336 g/mol. The third kappa shape index (κ3) is 3.95. The Labute approximate surface area is 161 Å². The Balaban J connectivity index is 1.34. The van der Waals surface area contributed by atoms with Gasteiger partial charge in [-0.25, -0.2) is 0 Å². The van der Waals surface area contributed by atoms with Crippen molar-refractivity contribution in [2.24, 2.45) is 0 Å². The van der Waals surface area contributed by atoms with Crippen LogP contribution in [0.5, 0.6) is 11.5 Å². The van der Waals surface area contributed by atoms with Crippen LogP contribution >= 0.6 is 0 Å². The zero-order valence-electron chi connectivity index (χ0n) is 15.7. The molecule has 0 bridgehead atoms. The van der Waals surface area contributed by atoms with E-state index in [9.17, 15) is 0 Å². The largest absolute Gasteiger partial charge is 0.473 e. The van der Waals surface area contributed by atoms with Gasteiger partial charge in [0.15, 0.2) is 13.5 Å². The highest BCUT2D eigenvalue weighted by Crippen LogP contribution is 2.28. The average molecular weight is 362 g/mol. The van der Waals surface area contributed by atoms with Crippen LogP contribution in [-0.4, -0.2) is 23.3 Å². The van der Waals surface area contributed by atoms with Crippen LogP contribution in [-0.2, 0) is 25.9 Å². The molecule has 27 heavy (non-hydrogen) atoms. The highest BCUT2D eigenvalue weighted by molar-refractivity contribution is 5.40. The van der Waals surface area contributed by atoms with E-state index in [1.807, 2.05) is 12.4 Å². The lowest BCUT2D eigenvalue weighted by molar-refractivity contribution is 0.141. The van der Waals surface area contributed by atoms with Crippen LogP contribution in [0.25, 0.3) is 0 Å². The molecule has 0 aliphatic carbocycles. The average Bonchev–Trinajstić information content (AvgIpc) is 2.72. The van der Waals surface area contributed by atoms with E-state index in [1.165, 1.54) is 22.3 Å². The zero-order chi connectivity index (χ0) is 18.6. The van der Waals surface area contributed by atoms with Crippen molar-refractivity contribution in [2.75, 3.05) is 13.5 Å². The Morgan fingerprint density at radius 2 is 1.26 bits per heavy atom. The first-order valence-electron chi connectivity index (χ1n) is 9.47. The van der Waals surface area contributed by atoms with Crippen molar-refractivity contribution in [3.8, 4) is 11.5 Å². The number of nitrogens with zero attached hydrogens (tertiary/aromatic N) is 2. The van der Waals surface area contributed by atoms with Crippen LogP contribution in [0.2, 0.25) is 0 Å². The molecule has 0 spiro atoms. The third-order valence-electron chi connectivity index (χ3n) is 5.23. The molecule has 0 unspecified atom stereocenters. The minimum absolute atomic E-state index is 0.582. The molecule has 4 nitrogen and oxygen atoms in total. The molecule has 0 aromatic heterocycles. The molecule has 4 rings (SSSR count). The van der Waals surface area contributed by atoms with E-state index in [0.29, 0.717) is 13.5 Å². The van der Waals surface area contributed by atoms with Crippen molar-refractivity contribution in [3.63, 3.8) is 0 Å². The molecule has 2 aliphatic heterocycles. The Morgan fingerprint density at radius 3 is 1.70 bits per heavy atom. The van der Waals surface area contributed by atoms with Gasteiger partial charge in [0.2, 0.25) is 0 Å². The molecule has 0 saturated carbocycles. The van der Waals surface area contributed by atoms with Gasteiger partial charge in [-0.2, -0.15) is 0 Å². The Kier molecular flexibility index (Phi) is 5.05. The maximum Gasteiger partial charge on any atom is 0.161 e. The summed E-state index contributed by atoms with van der Waals surface area (Å²) in [5.74, 6) is 2.03. The Hall–Kier alpha value is -2.88. The number of hydrogen-bond donors (Lipinski definition) is 0. The third-order valence-corrected chi connectivity index (χ3v) is 5.23. The summed E-state index contributed by atoms with van der Waals surface area (Å²) in [7, 11) is 0. The highest BCUT2D eigenvalue weighted by Gasteiger charge is 2.16. The fraction of sp³-hybridized carbons (Fsp3) is 0.304. The van der Waals surface area contributed by atoms with Crippen molar-refractivity contribution >= 4 is 0 Å². The van der Waals surface area contributed by atoms with Gasteiger partial charge in [0.05, 0.1) is 0 Å². The second-order valence-electron chi connectivity index (χ2n) is 7.14. The van der Waals surface area contributed by atoms with Gasteiger partial charge in [-0.15, -0.1) is 0 Å². The topological polar surface area (TPSA) is 24.9 Å².